The molecule has 1 amide bonds. The largest absolute Gasteiger partial charge is 0.360 e. The Morgan fingerprint density at radius 2 is 1.88 bits per heavy atom. The zero-order valence-corrected chi connectivity index (χ0v) is 12.9. The van der Waals surface area contributed by atoms with Crippen LogP contribution < -0.4 is 4.90 Å². The first kappa shape index (κ1) is 14.6. The highest BCUT2D eigenvalue weighted by Crippen LogP contribution is 2.21. The van der Waals surface area contributed by atoms with Crippen LogP contribution >= 0.6 is 0 Å². The monoisotopic (exact) mass is 325 g/mol. The number of H-pyrrole nitrogens is 1. The van der Waals surface area contributed by atoms with Crippen LogP contribution in [-0.2, 0) is 0 Å². The van der Waals surface area contributed by atoms with Crippen molar-refractivity contribution in [3.05, 3.63) is 54.2 Å². The number of nitrogens with zero attached hydrogens (tertiary/aromatic N) is 4. The number of amides is 1. The molecule has 0 bridgehead atoms. The van der Waals surface area contributed by atoms with Gasteiger partial charge in [-0.25, -0.2) is 14.4 Å². The molecule has 0 atom stereocenters. The predicted octanol–water partition coefficient (Wildman–Crippen LogP) is 2.06. The Hall–Kier alpha value is -2.96. The molecule has 3 heterocycles. The second-order valence-corrected chi connectivity index (χ2v) is 5.72. The third kappa shape index (κ3) is 2.58. The predicted molar refractivity (Wildman–Crippen MR) is 88.4 cm³/mol. The minimum atomic E-state index is -0.320. The van der Waals surface area contributed by atoms with Gasteiger partial charge in [0.2, 0.25) is 5.95 Å². The summed E-state index contributed by atoms with van der Waals surface area (Å²) in [4.78, 5) is 28.1. The Morgan fingerprint density at radius 1 is 1.12 bits per heavy atom. The summed E-state index contributed by atoms with van der Waals surface area (Å²) in [5.74, 6) is 0.327. The van der Waals surface area contributed by atoms with Gasteiger partial charge >= 0.3 is 0 Å². The van der Waals surface area contributed by atoms with Crippen molar-refractivity contribution in [3.8, 4) is 0 Å². The van der Waals surface area contributed by atoms with E-state index in [-0.39, 0.29) is 11.7 Å². The minimum absolute atomic E-state index is 0.0403. The number of hydrogen-bond acceptors (Lipinski definition) is 4. The van der Waals surface area contributed by atoms with Crippen LogP contribution in [0.5, 0.6) is 0 Å². The molecule has 0 aliphatic carbocycles. The van der Waals surface area contributed by atoms with E-state index in [0.717, 1.165) is 5.39 Å². The lowest BCUT2D eigenvalue weighted by Crippen LogP contribution is -2.49. The quantitative estimate of drug-likeness (QED) is 0.783. The molecule has 1 aliphatic rings. The van der Waals surface area contributed by atoms with Crippen molar-refractivity contribution in [2.45, 2.75) is 0 Å². The Balaban J connectivity index is 1.50. The fourth-order valence-electron chi connectivity index (χ4n) is 3.01. The summed E-state index contributed by atoms with van der Waals surface area (Å²) < 4.78 is 13.3. The van der Waals surface area contributed by atoms with Crippen LogP contribution in [0.2, 0.25) is 0 Å². The van der Waals surface area contributed by atoms with Gasteiger partial charge in [-0.05, 0) is 24.3 Å². The van der Waals surface area contributed by atoms with Gasteiger partial charge in [0.15, 0.2) is 0 Å². The van der Waals surface area contributed by atoms with Gasteiger partial charge in [0.25, 0.3) is 5.91 Å². The molecule has 4 rings (SSSR count). The molecule has 122 valence electrons. The molecule has 6 nitrogen and oxygen atoms in total. The van der Waals surface area contributed by atoms with Gasteiger partial charge in [0.05, 0.1) is 5.56 Å². The number of halogens is 1. The van der Waals surface area contributed by atoms with E-state index in [2.05, 4.69) is 19.9 Å². The fraction of sp³-hybridized carbons (Fsp3) is 0.235. The highest BCUT2D eigenvalue weighted by Gasteiger charge is 2.25. The summed E-state index contributed by atoms with van der Waals surface area (Å²) >= 11 is 0. The summed E-state index contributed by atoms with van der Waals surface area (Å²) in [7, 11) is 0. The van der Waals surface area contributed by atoms with Crippen molar-refractivity contribution in [1.29, 1.82) is 0 Å². The van der Waals surface area contributed by atoms with Gasteiger partial charge in [-0.15, -0.1) is 0 Å². The summed E-state index contributed by atoms with van der Waals surface area (Å²) in [6.45, 7) is 2.58. The molecule has 24 heavy (non-hydrogen) atoms. The summed E-state index contributed by atoms with van der Waals surface area (Å²) in [5.41, 5.74) is 1.21. The third-order valence-corrected chi connectivity index (χ3v) is 4.28. The molecule has 0 radical (unpaired) electrons. The molecule has 7 heteroatoms. The summed E-state index contributed by atoms with van der Waals surface area (Å²) in [6, 6.07) is 6.19. The van der Waals surface area contributed by atoms with Gasteiger partial charge < -0.3 is 14.8 Å². The number of hydrogen-bond donors (Lipinski definition) is 1. The molecule has 1 fully saturated rings. The Kier molecular flexibility index (Phi) is 3.60. The molecule has 0 spiro atoms. The SMILES string of the molecule is O=C(c1c[nH]c2cc(F)ccc12)N1CCN(c2ncccn2)CC1. The van der Waals surface area contributed by atoms with Crippen LogP contribution in [0.15, 0.2) is 42.9 Å². The van der Waals surface area contributed by atoms with Gasteiger partial charge in [0.1, 0.15) is 5.82 Å². The van der Waals surface area contributed by atoms with Crippen LogP contribution in [0.25, 0.3) is 10.9 Å². The van der Waals surface area contributed by atoms with Crippen LogP contribution in [0, 0.1) is 5.82 Å². The van der Waals surface area contributed by atoms with Crippen LogP contribution in [-0.4, -0.2) is 51.9 Å². The molecular weight excluding hydrogens is 309 g/mol. The normalized spacial score (nSPS) is 15.0. The van der Waals surface area contributed by atoms with E-state index in [1.165, 1.54) is 12.1 Å². The maximum atomic E-state index is 13.3. The van der Waals surface area contributed by atoms with Crippen molar-refractivity contribution in [3.63, 3.8) is 0 Å². The molecule has 3 aromatic rings. The van der Waals surface area contributed by atoms with E-state index < -0.39 is 0 Å². The van der Waals surface area contributed by atoms with Gasteiger partial charge in [0, 0.05) is 55.7 Å². The molecule has 0 saturated carbocycles. The minimum Gasteiger partial charge on any atom is -0.360 e. The number of aromatic nitrogens is 3. The highest BCUT2D eigenvalue weighted by molar-refractivity contribution is 6.06. The van der Waals surface area contributed by atoms with Gasteiger partial charge in [-0.2, -0.15) is 0 Å². The number of nitrogens with one attached hydrogen (secondary N) is 1. The van der Waals surface area contributed by atoms with E-state index in [0.29, 0.717) is 43.2 Å². The van der Waals surface area contributed by atoms with Crippen molar-refractivity contribution in [1.82, 2.24) is 19.9 Å². The lowest BCUT2D eigenvalue weighted by Gasteiger charge is -2.34. The third-order valence-electron chi connectivity index (χ3n) is 4.28. The molecule has 1 N–H and O–H groups in total. The average Bonchev–Trinajstić information content (AvgIpc) is 3.05. The zero-order valence-electron chi connectivity index (χ0n) is 12.9. The standard InChI is InChI=1S/C17H16FN5O/c18-12-2-3-13-14(11-21-15(13)10-12)16(24)22-6-8-23(9-7-22)17-19-4-1-5-20-17/h1-5,10-11,21H,6-9H2. The fourth-order valence-corrected chi connectivity index (χ4v) is 3.01. The Labute approximate surface area is 137 Å². The molecule has 2 aromatic heterocycles. The molecule has 1 saturated heterocycles. The van der Waals surface area contributed by atoms with E-state index in [9.17, 15) is 9.18 Å². The maximum Gasteiger partial charge on any atom is 0.256 e. The van der Waals surface area contributed by atoms with Crippen molar-refractivity contribution < 1.29 is 9.18 Å². The van der Waals surface area contributed by atoms with Gasteiger partial charge in [-0.1, -0.05) is 0 Å². The average molecular weight is 325 g/mol. The second-order valence-electron chi connectivity index (χ2n) is 5.72. The summed E-state index contributed by atoms with van der Waals surface area (Å²) in [5, 5.41) is 0.746. The van der Waals surface area contributed by atoms with Crippen molar-refractivity contribution in [2.24, 2.45) is 0 Å². The number of piperazine rings is 1. The van der Waals surface area contributed by atoms with E-state index in [1.807, 2.05) is 4.90 Å². The van der Waals surface area contributed by atoms with Crippen molar-refractivity contribution >= 4 is 22.8 Å². The lowest BCUT2D eigenvalue weighted by atomic mass is 10.1. The first-order valence-corrected chi connectivity index (χ1v) is 7.80. The Morgan fingerprint density at radius 3 is 2.62 bits per heavy atom. The number of carbonyl (C=O) groups is 1. The summed E-state index contributed by atoms with van der Waals surface area (Å²) in [6.07, 6.45) is 5.08. The number of anilines is 1. The highest BCUT2D eigenvalue weighted by atomic mass is 19.1. The topological polar surface area (TPSA) is 65.1 Å². The number of rotatable bonds is 2. The molecular formula is C17H16FN5O. The maximum absolute atomic E-state index is 13.3. The number of aromatic amines is 1. The van der Waals surface area contributed by atoms with Crippen molar-refractivity contribution in [2.75, 3.05) is 31.1 Å². The van der Waals surface area contributed by atoms with Crippen LogP contribution in [0.3, 0.4) is 0 Å². The lowest BCUT2D eigenvalue weighted by molar-refractivity contribution is 0.0748. The molecule has 1 aliphatic heterocycles. The van der Waals surface area contributed by atoms with E-state index in [4.69, 9.17) is 0 Å². The van der Waals surface area contributed by atoms with Crippen LogP contribution in [0.1, 0.15) is 10.4 Å². The van der Waals surface area contributed by atoms with Gasteiger partial charge in [-0.3, -0.25) is 4.79 Å². The zero-order chi connectivity index (χ0) is 16.5. The number of fused-ring (bicyclic) bond motifs is 1. The first-order valence-electron chi connectivity index (χ1n) is 7.80. The molecule has 1 aromatic carbocycles. The number of carbonyl (C=O) groups excluding carboxylic acids is 1. The second kappa shape index (κ2) is 5.92. The first-order chi connectivity index (χ1) is 11.7. The Bertz CT molecular complexity index is 871. The van der Waals surface area contributed by atoms with E-state index in [1.54, 1.807) is 30.7 Å². The van der Waals surface area contributed by atoms with Crippen LogP contribution in [0.4, 0.5) is 10.3 Å². The smallest absolute Gasteiger partial charge is 0.256 e. The number of benzene rings is 1. The molecule has 0 unspecified atom stereocenters. The van der Waals surface area contributed by atoms with E-state index >= 15 is 0 Å².